The number of pyridine rings is 2. The Balaban J connectivity index is 1.42. The lowest BCUT2D eigenvalue weighted by molar-refractivity contribution is 0.0000659. The first kappa shape index (κ1) is 22.9. The molecule has 1 aliphatic heterocycles. The molecule has 1 aromatic carbocycles. The number of rotatable bonds is 8. The van der Waals surface area contributed by atoms with Crippen molar-refractivity contribution in [2.24, 2.45) is 5.73 Å². The van der Waals surface area contributed by atoms with E-state index in [1.54, 1.807) is 48.6 Å². The highest BCUT2D eigenvalue weighted by Gasteiger charge is 2.36. The first-order valence-electron chi connectivity index (χ1n) is 11.3. The summed E-state index contributed by atoms with van der Waals surface area (Å²) < 4.78 is 5.60. The van der Waals surface area contributed by atoms with Crippen LogP contribution < -0.4 is 15.4 Å². The zero-order valence-corrected chi connectivity index (χ0v) is 19.0. The van der Waals surface area contributed by atoms with Gasteiger partial charge in [-0.1, -0.05) is 0 Å². The van der Waals surface area contributed by atoms with Crippen LogP contribution in [0.15, 0.2) is 55.0 Å². The van der Waals surface area contributed by atoms with Crippen LogP contribution >= 0.6 is 0 Å². The number of β-amino-alcohol motifs (C(OH)–C–C–N with tert-alkyl or cyclic N) is 1. The van der Waals surface area contributed by atoms with E-state index in [-0.39, 0.29) is 12.5 Å². The maximum atomic E-state index is 13.0. The second kappa shape index (κ2) is 10.1. The highest BCUT2D eigenvalue weighted by Crippen LogP contribution is 2.31. The van der Waals surface area contributed by atoms with Gasteiger partial charge >= 0.3 is 0 Å². The number of fused-ring (bicyclic) bond motifs is 1. The number of nitrogens with two attached hydrogens (primary N) is 1. The number of aliphatic hydroxyl groups is 1. The summed E-state index contributed by atoms with van der Waals surface area (Å²) in [6.45, 7) is 2.65. The standard InChI is InChI=1S/C25H31N5O3/c1-29(24(31)19-4-6-20(7-5-19)33-15-3-11-26)17-25(32)10-2-14-30(18-25)23-9-13-28-22-8-12-27-16-21(22)23/h4-9,12-13,16,32H,2-3,10-11,14-15,17-18,26H2,1H3/t25-/m1/s1. The number of aromatic nitrogens is 2. The zero-order chi connectivity index (χ0) is 23.3. The first-order chi connectivity index (χ1) is 16.0. The molecule has 2 aromatic heterocycles. The Morgan fingerprint density at radius 2 is 2.06 bits per heavy atom. The fourth-order valence-electron chi connectivity index (χ4n) is 4.40. The van der Waals surface area contributed by atoms with Gasteiger partial charge in [-0.3, -0.25) is 14.8 Å². The average Bonchev–Trinajstić information content (AvgIpc) is 2.83. The number of piperidine rings is 1. The van der Waals surface area contributed by atoms with E-state index in [4.69, 9.17) is 10.5 Å². The van der Waals surface area contributed by atoms with Crippen molar-refractivity contribution in [1.82, 2.24) is 14.9 Å². The number of ether oxygens (including phenoxy) is 1. The Morgan fingerprint density at radius 1 is 1.24 bits per heavy atom. The highest BCUT2D eigenvalue weighted by atomic mass is 16.5. The lowest BCUT2D eigenvalue weighted by atomic mass is 9.91. The number of anilines is 1. The average molecular weight is 450 g/mol. The van der Waals surface area contributed by atoms with Gasteiger partial charge in [-0.05, 0) is 62.2 Å². The van der Waals surface area contributed by atoms with Crippen molar-refractivity contribution in [2.75, 3.05) is 44.7 Å². The molecule has 0 radical (unpaired) electrons. The number of hydrogen-bond donors (Lipinski definition) is 2. The minimum atomic E-state index is -1.01. The molecule has 0 aliphatic carbocycles. The monoisotopic (exact) mass is 449 g/mol. The van der Waals surface area contributed by atoms with Crippen LogP contribution in [0.2, 0.25) is 0 Å². The van der Waals surface area contributed by atoms with Gasteiger partial charge in [0.1, 0.15) is 5.75 Å². The van der Waals surface area contributed by atoms with E-state index in [1.807, 2.05) is 18.3 Å². The summed E-state index contributed by atoms with van der Waals surface area (Å²) in [5.74, 6) is 0.580. The number of benzene rings is 1. The van der Waals surface area contributed by atoms with Crippen LogP contribution in [0.25, 0.3) is 10.9 Å². The Hall–Kier alpha value is -3.23. The Kier molecular flexibility index (Phi) is 7.05. The largest absolute Gasteiger partial charge is 0.494 e. The third-order valence-corrected chi connectivity index (χ3v) is 6.01. The molecule has 1 aliphatic rings. The van der Waals surface area contributed by atoms with E-state index < -0.39 is 5.60 Å². The fraction of sp³-hybridized carbons (Fsp3) is 0.400. The van der Waals surface area contributed by atoms with Crippen molar-refractivity contribution in [3.05, 3.63) is 60.6 Å². The van der Waals surface area contributed by atoms with Crippen LogP contribution in [-0.2, 0) is 0 Å². The summed E-state index contributed by atoms with van der Waals surface area (Å²) in [4.78, 5) is 25.4. The van der Waals surface area contributed by atoms with Gasteiger partial charge in [-0.25, -0.2) is 0 Å². The van der Waals surface area contributed by atoms with Gasteiger partial charge in [0.25, 0.3) is 5.91 Å². The van der Waals surface area contributed by atoms with Crippen molar-refractivity contribution in [3.8, 4) is 5.75 Å². The molecule has 8 nitrogen and oxygen atoms in total. The van der Waals surface area contributed by atoms with E-state index in [2.05, 4.69) is 14.9 Å². The topological polar surface area (TPSA) is 105 Å². The Labute approximate surface area is 194 Å². The summed E-state index contributed by atoms with van der Waals surface area (Å²) in [6, 6.07) is 10.9. The van der Waals surface area contributed by atoms with E-state index in [0.717, 1.165) is 36.0 Å². The molecule has 8 heteroatoms. The van der Waals surface area contributed by atoms with E-state index >= 15 is 0 Å². The third kappa shape index (κ3) is 5.40. The van der Waals surface area contributed by atoms with E-state index in [0.29, 0.717) is 37.4 Å². The molecular formula is C25H31N5O3. The molecule has 174 valence electrons. The van der Waals surface area contributed by atoms with Crippen molar-refractivity contribution < 1.29 is 14.6 Å². The predicted octanol–water partition coefficient (Wildman–Crippen LogP) is 2.46. The van der Waals surface area contributed by atoms with Gasteiger partial charge in [-0.15, -0.1) is 0 Å². The second-order valence-corrected chi connectivity index (χ2v) is 8.65. The maximum absolute atomic E-state index is 13.0. The minimum Gasteiger partial charge on any atom is -0.494 e. The number of hydrogen-bond acceptors (Lipinski definition) is 7. The summed E-state index contributed by atoms with van der Waals surface area (Å²) >= 11 is 0. The van der Waals surface area contributed by atoms with Gasteiger partial charge < -0.3 is 25.4 Å². The lowest BCUT2D eigenvalue weighted by Crippen LogP contribution is -2.54. The predicted molar refractivity (Wildman–Crippen MR) is 129 cm³/mol. The van der Waals surface area contributed by atoms with Gasteiger partial charge in [-0.2, -0.15) is 0 Å². The van der Waals surface area contributed by atoms with Crippen LogP contribution in [0, 0.1) is 0 Å². The van der Waals surface area contributed by atoms with Crippen LogP contribution in [-0.4, -0.2) is 71.3 Å². The minimum absolute atomic E-state index is 0.132. The van der Waals surface area contributed by atoms with Crippen LogP contribution in [0.4, 0.5) is 5.69 Å². The van der Waals surface area contributed by atoms with Crippen molar-refractivity contribution in [2.45, 2.75) is 24.9 Å². The molecule has 0 spiro atoms. The molecule has 1 fully saturated rings. The first-order valence-corrected chi connectivity index (χ1v) is 11.3. The molecular weight excluding hydrogens is 418 g/mol. The number of likely N-dealkylation sites (N-methyl/N-ethyl adjacent to an activating group) is 1. The van der Waals surface area contributed by atoms with Crippen LogP contribution in [0.3, 0.4) is 0 Å². The molecule has 1 amide bonds. The van der Waals surface area contributed by atoms with Crippen molar-refractivity contribution >= 4 is 22.5 Å². The van der Waals surface area contributed by atoms with Crippen LogP contribution in [0.1, 0.15) is 29.6 Å². The van der Waals surface area contributed by atoms with E-state index in [1.165, 1.54) is 0 Å². The number of carbonyl (C=O) groups is 1. The number of nitrogens with zero attached hydrogens (tertiary/aromatic N) is 4. The normalized spacial score (nSPS) is 18.3. The molecule has 3 aromatic rings. The van der Waals surface area contributed by atoms with E-state index in [9.17, 15) is 9.90 Å². The van der Waals surface area contributed by atoms with Crippen molar-refractivity contribution in [3.63, 3.8) is 0 Å². The highest BCUT2D eigenvalue weighted by molar-refractivity contribution is 5.94. The van der Waals surface area contributed by atoms with Crippen LogP contribution in [0.5, 0.6) is 5.75 Å². The molecule has 4 rings (SSSR count). The Morgan fingerprint density at radius 3 is 2.85 bits per heavy atom. The molecule has 3 heterocycles. The Bertz CT molecular complexity index is 1090. The summed E-state index contributed by atoms with van der Waals surface area (Å²) in [5, 5.41) is 12.4. The molecule has 0 bridgehead atoms. The molecule has 0 saturated carbocycles. The quantitative estimate of drug-likeness (QED) is 0.509. The number of amides is 1. The molecule has 0 unspecified atom stereocenters. The fourth-order valence-corrected chi connectivity index (χ4v) is 4.40. The summed E-state index contributed by atoms with van der Waals surface area (Å²) in [5.41, 5.74) is 6.92. The molecule has 33 heavy (non-hydrogen) atoms. The van der Waals surface area contributed by atoms with Gasteiger partial charge in [0.05, 0.1) is 24.3 Å². The van der Waals surface area contributed by atoms with Crippen molar-refractivity contribution in [1.29, 1.82) is 0 Å². The number of carbonyl (C=O) groups excluding carboxylic acids is 1. The third-order valence-electron chi connectivity index (χ3n) is 6.01. The summed E-state index contributed by atoms with van der Waals surface area (Å²) in [6.07, 6.45) is 7.57. The van der Waals surface area contributed by atoms with Gasteiger partial charge in [0, 0.05) is 55.4 Å². The SMILES string of the molecule is CN(C[C@]1(O)CCCN(c2ccnc3ccncc23)C1)C(=O)c1ccc(OCCCN)cc1. The zero-order valence-electron chi connectivity index (χ0n) is 19.0. The molecule has 1 atom stereocenters. The maximum Gasteiger partial charge on any atom is 0.253 e. The van der Waals surface area contributed by atoms with Gasteiger partial charge in [0.15, 0.2) is 0 Å². The lowest BCUT2D eigenvalue weighted by Gasteiger charge is -2.42. The van der Waals surface area contributed by atoms with Gasteiger partial charge in [0.2, 0.25) is 0 Å². The molecule has 3 N–H and O–H groups in total. The second-order valence-electron chi connectivity index (χ2n) is 8.65. The molecule has 1 saturated heterocycles. The summed E-state index contributed by atoms with van der Waals surface area (Å²) in [7, 11) is 1.73. The smallest absolute Gasteiger partial charge is 0.253 e.